The lowest BCUT2D eigenvalue weighted by molar-refractivity contribution is 0.509. The molecule has 0 amide bonds. The van der Waals surface area contributed by atoms with Crippen molar-refractivity contribution in [2.75, 3.05) is 0 Å². The predicted molar refractivity (Wildman–Crippen MR) is 98.2 cm³/mol. The number of nitrogens with zero attached hydrogens (tertiary/aromatic N) is 6. The minimum atomic E-state index is -0.121. The molecule has 1 unspecified atom stereocenters. The number of halogens is 1. The molecule has 7 nitrogen and oxygen atoms in total. The Balaban J connectivity index is 1.56. The van der Waals surface area contributed by atoms with Crippen LogP contribution in [0.4, 0.5) is 0 Å². The van der Waals surface area contributed by atoms with Crippen LogP contribution in [-0.4, -0.2) is 30.4 Å². The molecule has 0 aliphatic rings. The largest absolute Gasteiger partial charge is 0.419 e. The molecule has 0 radical (unpaired) electrons. The molecule has 4 rings (SSSR count). The number of benzene rings is 2. The Bertz CT molecular complexity index is 1020. The van der Waals surface area contributed by atoms with Crippen molar-refractivity contribution >= 4 is 23.4 Å². The van der Waals surface area contributed by atoms with Crippen molar-refractivity contribution in [1.29, 1.82) is 0 Å². The van der Waals surface area contributed by atoms with Crippen molar-refractivity contribution < 1.29 is 4.42 Å². The van der Waals surface area contributed by atoms with E-state index in [-0.39, 0.29) is 5.25 Å². The van der Waals surface area contributed by atoms with E-state index < -0.39 is 0 Å². The zero-order chi connectivity index (χ0) is 17.9. The molecule has 0 N–H and O–H groups in total. The highest BCUT2D eigenvalue weighted by Crippen LogP contribution is 2.34. The minimum absolute atomic E-state index is 0.121. The van der Waals surface area contributed by atoms with Crippen molar-refractivity contribution in [2.45, 2.75) is 17.3 Å². The van der Waals surface area contributed by atoms with Gasteiger partial charge in [-0.15, -0.1) is 15.3 Å². The first-order chi connectivity index (χ1) is 12.7. The number of hydrogen-bond acceptors (Lipinski definition) is 7. The maximum absolute atomic E-state index is 6.05. The lowest BCUT2D eigenvalue weighted by atomic mass is 10.2. The van der Waals surface area contributed by atoms with Crippen molar-refractivity contribution in [3.05, 3.63) is 65.5 Å². The van der Waals surface area contributed by atoms with Crippen LogP contribution in [0.25, 0.3) is 17.1 Å². The van der Waals surface area contributed by atoms with E-state index in [1.54, 1.807) is 16.8 Å². The van der Waals surface area contributed by atoms with Gasteiger partial charge >= 0.3 is 0 Å². The molecule has 0 saturated heterocycles. The van der Waals surface area contributed by atoms with Gasteiger partial charge < -0.3 is 4.42 Å². The monoisotopic (exact) mass is 384 g/mol. The smallest absolute Gasteiger partial charge is 0.247 e. The molecule has 9 heteroatoms. The summed E-state index contributed by atoms with van der Waals surface area (Å²) in [7, 11) is 0. The van der Waals surface area contributed by atoms with Gasteiger partial charge in [0.05, 0.1) is 10.9 Å². The Morgan fingerprint density at radius 2 is 1.88 bits per heavy atom. The normalized spacial score (nSPS) is 12.2. The van der Waals surface area contributed by atoms with Crippen molar-refractivity contribution in [2.24, 2.45) is 0 Å². The quantitative estimate of drug-likeness (QED) is 0.476. The number of hydrogen-bond donors (Lipinski definition) is 0. The molecule has 26 heavy (non-hydrogen) atoms. The molecule has 0 spiro atoms. The van der Waals surface area contributed by atoms with E-state index in [1.807, 2.05) is 49.4 Å². The van der Waals surface area contributed by atoms with E-state index in [2.05, 4.69) is 25.7 Å². The second-order valence-corrected chi connectivity index (χ2v) is 7.17. The maximum Gasteiger partial charge on any atom is 0.247 e. The maximum atomic E-state index is 6.05. The highest BCUT2D eigenvalue weighted by molar-refractivity contribution is 7.99. The van der Waals surface area contributed by atoms with Gasteiger partial charge in [-0.1, -0.05) is 47.6 Å². The van der Waals surface area contributed by atoms with Crippen molar-refractivity contribution in [3.8, 4) is 17.1 Å². The average Bonchev–Trinajstić information content (AvgIpc) is 3.32. The molecule has 0 aliphatic heterocycles. The highest BCUT2D eigenvalue weighted by Gasteiger charge is 2.20. The molecule has 4 aromatic rings. The zero-order valence-corrected chi connectivity index (χ0v) is 15.2. The van der Waals surface area contributed by atoms with Crippen LogP contribution in [0.2, 0.25) is 5.02 Å². The summed E-state index contributed by atoms with van der Waals surface area (Å²) < 4.78 is 7.43. The molecule has 2 aromatic heterocycles. The predicted octanol–water partition coefficient (Wildman–Crippen LogP) is 4.22. The average molecular weight is 385 g/mol. The van der Waals surface area contributed by atoms with E-state index in [4.69, 9.17) is 16.0 Å². The van der Waals surface area contributed by atoms with Gasteiger partial charge in [0.2, 0.25) is 16.9 Å². The topological polar surface area (TPSA) is 82.5 Å². The van der Waals surface area contributed by atoms with Gasteiger partial charge in [0.25, 0.3) is 0 Å². The van der Waals surface area contributed by atoms with E-state index >= 15 is 0 Å². The van der Waals surface area contributed by atoms with Crippen molar-refractivity contribution in [1.82, 2.24) is 30.4 Å². The third-order valence-electron chi connectivity index (χ3n) is 3.58. The van der Waals surface area contributed by atoms with Gasteiger partial charge in [-0.3, -0.25) is 0 Å². The number of thioether (sulfide) groups is 1. The summed E-state index contributed by atoms with van der Waals surface area (Å²) in [5.74, 6) is 0.997. The Kier molecular flexibility index (Phi) is 4.68. The van der Waals surface area contributed by atoms with Gasteiger partial charge in [0.1, 0.15) is 0 Å². The fourth-order valence-electron chi connectivity index (χ4n) is 2.33. The van der Waals surface area contributed by atoms with Gasteiger partial charge in [-0.05, 0) is 47.7 Å². The molecule has 2 heterocycles. The SMILES string of the molecule is CC(Sc1nnnn1-c1cccc(Cl)c1)c1nnc(-c2ccccc2)o1. The second-order valence-electron chi connectivity index (χ2n) is 5.42. The molecule has 0 saturated carbocycles. The summed E-state index contributed by atoms with van der Waals surface area (Å²) in [5.41, 5.74) is 1.67. The lowest BCUT2D eigenvalue weighted by Gasteiger charge is -2.07. The first-order valence-electron chi connectivity index (χ1n) is 7.80. The van der Waals surface area contributed by atoms with Crippen molar-refractivity contribution in [3.63, 3.8) is 0 Å². The van der Waals surface area contributed by atoms with Gasteiger partial charge in [-0.2, -0.15) is 4.68 Å². The van der Waals surface area contributed by atoms with E-state index in [0.717, 1.165) is 11.3 Å². The Morgan fingerprint density at radius 3 is 2.69 bits per heavy atom. The van der Waals surface area contributed by atoms with Gasteiger partial charge in [-0.25, -0.2) is 0 Å². The fraction of sp³-hybridized carbons (Fsp3) is 0.118. The molecule has 0 bridgehead atoms. The highest BCUT2D eigenvalue weighted by atomic mass is 35.5. The summed E-state index contributed by atoms with van der Waals surface area (Å²) >= 11 is 7.48. The Labute approximate surface area is 158 Å². The zero-order valence-electron chi connectivity index (χ0n) is 13.7. The van der Waals surface area contributed by atoms with E-state index in [1.165, 1.54) is 11.8 Å². The van der Waals surface area contributed by atoms with Crippen LogP contribution in [-0.2, 0) is 0 Å². The van der Waals surface area contributed by atoms with Crippen LogP contribution in [0, 0.1) is 0 Å². The molecule has 1 atom stereocenters. The second kappa shape index (κ2) is 7.27. The first-order valence-corrected chi connectivity index (χ1v) is 9.06. The summed E-state index contributed by atoms with van der Waals surface area (Å²) in [5, 5.41) is 21.3. The van der Waals surface area contributed by atoms with Crippen LogP contribution >= 0.6 is 23.4 Å². The fourth-order valence-corrected chi connectivity index (χ4v) is 3.35. The van der Waals surface area contributed by atoms with Gasteiger partial charge in [0, 0.05) is 10.6 Å². The third kappa shape index (κ3) is 3.47. The van der Waals surface area contributed by atoms with Crippen LogP contribution < -0.4 is 0 Å². The lowest BCUT2D eigenvalue weighted by Crippen LogP contribution is -2.00. The third-order valence-corrected chi connectivity index (χ3v) is 4.84. The molecular weight excluding hydrogens is 372 g/mol. The summed E-state index contributed by atoms with van der Waals surface area (Å²) in [4.78, 5) is 0. The molecule has 2 aromatic carbocycles. The molecule has 0 aliphatic carbocycles. The molecular formula is C17H13ClN6OS. The Hall–Kier alpha value is -2.71. The van der Waals surface area contributed by atoms with Crippen LogP contribution in [0.1, 0.15) is 18.1 Å². The van der Waals surface area contributed by atoms with Gasteiger partial charge in [0.15, 0.2) is 0 Å². The Morgan fingerprint density at radius 1 is 1.04 bits per heavy atom. The summed E-state index contributed by atoms with van der Waals surface area (Å²) in [6.45, 7) is 1.96. The van der Waals surface area contributed by atoms with E-state index in [9.17, 15) is 0 Å². The van der Waals surface area contributed by atoms with Crippen LogP contribution in [0.5, 0.6) is 0 Å². The standard InChI is InChI=1S/C17H13ClN6OS/c1-11(15-19-20-16(25-15)12-6-3-2-4-7-12)26-17-21-22-23-24(17)14-9-5-8-13(18)10-14/h2-11H,1H3. The number of aromatic nitrogens is 6. The summed E-state index contributed by atoms with van der Waals surface area (Å²) in [6.07, 6.45) is 0. The van der Waals surface area contributed by atoms with Crippen LogP contribution in [0.3, 0.4) is 0 Å². The molecule has 130 valence electrons. The number of tetrazole rings is 1. The summed E-state index contributed by atoms with van der Waals surface area (Å²) in [6, 6.07) is 17.0. The minimum Gasteiger partial charge on any atom is -0.419 e. The van der Waals surface area contributed by atoms with Crippen LogP contribution in [0.15, 0.2) is 64.2 Å². The number of rotatable bonds is 5. The first kappa shape index (κ1) is 16.7. The van der Waals surface area contributed by atoms with E-state index in [0.29, 0.717) is 22.0 Å². The molecule has 0 fully saturated rings.